The average molecular weight is 485 g/mol. The number of amides is 4. The SMILES string of the molecule is CNC(=O)C(C(=O)NO)N(C)C(=O)c1ccc(-c2ccc([C@@H](C)N(C(=O)O)C(C)(C)C)cc2)cc1. The summed E-state index contributed by atoms with van der Waals surface area (Å²) < 4.78 is 0. The van der Waals surface area contributed by atoms with Gasteiger partial charge in [-0.1, -0.05) is 36.4 Å². The monoisotopic (exact) mass is 484 g/mol. The average Bonchev–Trinajstić information content (AvgIpc) is 2.82. The lowest BCUT2D eigenvalue weighted by Crippen LogP contribution is -2.54. The molecule has 0 aliphatic rings. The fourth-order valence-electron chi connectivity index (χ4n) is 3.93. The van der Waals surface area contributed by atoms with Gasteiger partial charge in [-0.2, -0.15) is 0 Å². The van der Waals surface area contributed by atoms with E-state index in [2.05, 4.69) is 5.32 Å². The zero-order chi connectivity index (χ0) is 26.5. The molecule has 10 nitrogen and oxygen atoms in total. The Balaban J connectivity index is 2.24. The fourth-order valence-corrected chi connectivity index (χ4v) is 3.93. The molecular weight excluding hydrogens is 452 g/mol. The Morgan fingerprint density at radius 1 is 0.886 bits per heavy atom. The van der Waals surface area contributed by atoms with Crippen molar-refractivity contribution in [3.63, 3.8) is 0 Å². The third-order valence-corrected chi connectivity index (χ3v) is 5.74. The molecule has 0 fully saturated rings. The van der Waals surface area contributed by atoms with Crippen LogP contribution in [0.4, 0.5) is 4.79 Å². The van der Waals surface area contributed by atoms with Crippen LogP contribution in [-0.2, 0) is 9.59 Å². The zero-order valence-corrected chi connectivity index (χ0v) is 20.7. The molecule has 2 aromatic carbocycles. The topological polar surface area (TPSA) is 139 Å². The van der Waals surface area contributed by atoms with Crippen LogP contribution in [0.15, 0.2) is 48.5 Å². The number of nitrogens with zero attached hydrogens (tertiary/aromatic N) is 2. The Labute approximate surface area is 204 Å². The van der Waals surface area contributed by atoms with Crippen LogP contribution < -0.4 is 10.8 Å². The molecule has 0 aliphatic heterocycles. The van der Waals surface area contributed by atoms with Gasteiger partial charge < -0.3 is 15.3 Å². The van der Waals surface area contributed by atoms with Gasteiger partial charge in [0.2, 0.25) is 0 Å². The molecule has 2 atom stereocenters. The number of hydroxylamine groups is 1. The van der Waals surface area contributed by atoms with E-state index in [1.807, 2.05) is 52.0 Å². The zero-order valence-electron chi connectivity index (χ0n) is 20.7. The Morgan fingerprint density at radius 3 is 1.77 bits per heavy atom. The molecule has 0 heterocycles. The second-order valence-electron chi connectivity index (χ2n) is 9.11. The van der Waals surface area contributed by atoms with Crippen molar-refractivity contribution in [1.82, 2.24) is 20.6 Å². The first-order valence-electron chi connectivity index (χ1n) is 11.0. The van der Waals surface area contributed by atoms with E-state index in [0.29, 0.717) is 0 Å². The third-order valence-electron chi connectivity index (χ3n) is 5.74. The fraction of sp³-hybridized carbons (Fsp3) is 0.360. The Hall–Kier alpha value is -3.92. The van der Waals surface area contributed by atoms with Gasteiger partial charge >= 0.3 is 6.09 Å². The van der Waals surface area contributed by atoms with E-state index in [-0.39, 0.29) is 11.6 Å². The lowest BCUT2D eigenvalue weighted by Gasteiger charge is -2.38. The van der Waals surface area contributed by atoms with Crippen LogP contribution in [0.2, 0.25) is 0 Å². The molecule has 0 bridgehead atoms. The smallest absolute Gasteiger partial charge is 0.408 e. The Kier molecular flexibility index (Phi) is 8.59. The van der Waals surface area contributed by atoms with Crippen molar-refractivity contribution < 1.29 is 29.5 Å². The van der Waals surface area contributed by atoms with Crippen molar-refractivity contribution in [3.8, 4) is 11.1 Å². The maximum Gasteiger partial charge on any atom is 0.408 e. The van der Waals surface area contributed by atoms with Gasteiger partial charge in [-0.05, 0) is 56.5 Å². The number of hydrogen-bond acceptors (Lipinski definition) is 5. The minimum absolute atomic E-state index is 0.253. The minimum Gasteiger partial charge on any atom is -0.465 e. The molecule has 4 amide bonds. The normalized spacial score (nSPS) is 12.8. The Morgan fingerprint density at radius 2 is 1.37 bits per heavy atom. The minimum atomic E-state index is -1.54. The first-order valence-corrected chi connectivity index (χ1v) is 11.0. The van der Waals surface area contributed by atoms with Gasteiger partial charge in [-0.25, -0.2) is 10.3 Å². The van der Waals surface area contributed by atoms with Crippen molar-refractivity contribution in [2.24, 2.45) is 0 Å². The molecule has 0 saturated carbocycles. The van der Waals surface area contributed by atoms with Gasteiger partial charge in [0.1, 0.15) is 0 Å². The highest BCUT2D eigenvalue weighted by molar-refractivity contribution is 6.08. The predicted molar refractivity (Wildman–Crippen MR) is 130 cm³/mol. The summed E-state index contributed by atoms with van der Waals surface area (Å²) in [5.41, 5.74) is 3.64. The van der Waals surface area contributed by atoms with E-state index < -0.39 is 35.4 Å². The van der Waals surface area contributed by atoms with Crippen LogP contribution in [0.1, 0.15) is 49.7 Å². The molecule has 0 radical (unpaired) electrons. The van der Waals surface area contributed by atoms with Gasteiger partial charge in [0.25, 0.3) is 17.7 Å². The van der Waals surface area contributed by atoms with E-state index in [1.54, 1.807) is 24.3 Å². The molecule has 0 saturated heterocycles. The number of carboxylic acid groups (broad SMARTS) is 1. The molecule has 1 unspecified atom stereocenters. The maximum atomic E-state index is 12.8. The molecule has 10 heteroatoms. The quantitative estimate of drug-likeness (QED) is 0.271. The van der Waals surface area contributed by atoms with Gasteiger partial charge in [0.15, 0.2) is 6.04 Å². The molecule has 0 aromatic heterocycles. The second-order valence-corrected chi connectivity index (χ2v) is 9.11. The molecular formula is C25H32N4O6. The first-order chi connectivity index (χ1) is 16.3. The summed E-state index contributed by atoms with van der Waals surface area (Å²) in [5, 5.41) is 20.9. The number of rotatable bonds is 7. The van der Waals surface area contributed by atoms with E-state index in [4.69, 9.17) is 5.21 Å². The molecule has 2 aromatic rings. The van der Waals surface area contributed by atoms with Gasteiger partial charge in [-0.15, -0.1) is 0 Å². The van der Waals surface area contributed by atoms with Crippen molar-refractivity contribution in [2.45, 2.75) is 45.3 Å². The highest BCUT2D eigenvalue weighted by Gasteiger charge is 2.34. The van der Waals surface area contributed by atoms with Crippen molar-refractivity contribution >= 4 is 23.8 Å². The van der Waals surface area contributed by atoms with E-state index >= 15 is 0 Å². The summed E-state index contributed by atoms with van der Waals surface area (Å²) >= 11 is 0. The van der Waals surface area contributed by atoms with Crippen molar-refractivity contribution in [2.75, 3.05) is 14.1 Å². The van der Waals surface area contributed by atoms with E-state index in [1.165, 1.54) is 24.5 Å². The van der Waals surface area contributed by atoms with Crippen LogP contribution >= 0.6 is 0 Å². The number of nitrogens with one attached hydrogen (secondary N) is 2. The summed E-state index contributed by atoms with van der Waals surface area (Å²) in [6.45, 7) is 7.38. The number of carbonyl (C=O) groups excluding carboxylic acids is 3. The number of carbonyl (C=O) groups is 4. The molecule has 4 N–H and O–H groups in total. The van der Waals surface area contributed by atoms with Crippen LogP contribution in [0.25, 0.3) is 11.1 Å². The first kappa shape index (κ1) is 27.3. The molecule has 0 aliphatic carbocycles. The van der Waals surface area contributed by atoms with Crippen LogP contribution in [0.3, 0.4) is 0 Å². The van der Waals surface area contributed by atoms with Crippen molar-refractivity contribution in [3.05, 3.63) is 59.7 Å². The molecule has 0 spiro atoms. The van der Waals surface area contributed by atoms with Crippen molar-refractivity contribution in [1.29, 1.82) is 0 Å². The van der Waals surface area contributed by atoms with Gasteiger partial charge in [0, 0.05) is 25.2 Å². The maximum absolute atomic E-state index is 12.8. The van der Waals surface area contributed by atoms with Gasteiger partial charge in [-0.3, -0.25) is 24.5 Å². The summed E-state index contributed by atoms with van der Waals surface area (Å²) in [6.07, 6.45) is -0.991. The summed E-state index contributed by atoms with van der Waals surface area (Å²) in [5.74, 6) is -2.35. The predicted octanol–water partition coefficient (Wildman–Crippen LogP) is 2.89. The largest absolute Gasteiger partial charge is 0.465 e. The highest BCUT2D eigenvalue weighted by Crippen LogP contribution is 2.30. The van der Waals surface area contributed by atoms with Crippen LogP contribution in [0, 0.1) is 0 Å². The second kappa shape index (κ2) is 11.0. The summed E-state index contributed by atoms with van der Waals surface area (Å²) in [6, 6.07) is 12.2. The summed E-state index contributed by atoms with van der Waals surface area (Å²) in [4.78, 5) is 50.9. The van der Waals surface area contributed by atoms with Crippen LogP contribution in [-0.4, -0.2) is 69.6 Å². The summed E-state index contributed by atoms with van der Waals surface area (Å²) in [7, 11) is 2.62. The molecule has 2 rings (SSSR count). The third kappa shape index (κ3) is 6.15. The number of likely N-dealkylation sites (N-methyl/N-ethyl adjacent to an activating group) is 2. The van der Waals surface area contributed by atoms with E-state index in [0.717, 1.165) is 21.6 Å². The lowest BCUT2D eigenvalue weighted by atomic mass is 9.97. The van der Waals surface area contributed by atoms with E-state index in [9.17, 15) is 24.3 Å². The molecule has 188 valence electrons. The van der Waals surface area contributed by atoms with Crippen LogP contribution in [0.5, 0.6) is 0 Å². The number of hydrogen-bond donors (Lipinski definition) is 4. The Bertz CT molecular complexity index is 1060. The lowest BCUT2D eigenvalue weighted by molar-refractivity contribution is -0.140. The van der Waals surface area contributed by atoms with Gasteiger partial charge in [0.05, 0.1) is 6.04 Å². The number of benzene rings is 2. The highest BCUT2D eigenvalue weighted by atomic mass is 16.5. The molecule has 35 heavy (non-hydrogen) atoms. The standard InChI is InChI=1S/C25H32N4O6/c1-15(29(24(33)34)25(2,3)4)16-7-9-17(10-8-16)18-11-13-19(14-12-18)23(32)28(6)20(21(30)26-5)22(31)27-35/h7-15,20,35H,1-6H3,(H,26,30)(H,27,31)(H,33,34)/t15-,20?/m1/s1.